The van der Waals surface area contributed by atoms with Crippen molar-refractivity contribution in [2.75, 3.05) is 41.3 Å². The number of alkyl halides is 3. The molecule has 32 heavy (non-hydrogen) atoms. The van der Waals surface area contributed by atoms with Gasteiger partial charge in [-0.1, -0.05) is 18.2 Å². The topological polar surface area (TPSA) is 87.4 Å². The molecule has 1 aliphatic rings. The third-order valence-corrected chi connectivity index (χ3v) is 5.16. The summed E-state index contributed by atoms with van der Waals surface area (Å²) in [5.74, 6) is 0.0948. The number of aromatic nitrogens is 2. The van der Waals surface area contributed by atoms with Gasteiger partial charge in [0.25, 0.3) is 0 Å². The highest BCUT2D eigenvalue weighted by molar-refractivity contribution is 5.74. The summed E-state index contributed by atoms with van der Waals surface area (Å²) in [6, 6.07) is 14.1. The number of nitrogens with one attached hydrogen (secondary N) is 1. The molecule has 1 saturated heterocycles. The number of nitrogens with zero attached hydrogens (tertiary/aromatic N) is 5. The lowest BCUT2D eigenvalue weighted by atomic mass is 10.2. The van der Waals surface area contributed by atoms with Crippen LogP contribution in [0.3, 0.4) is 0 Å². The summed E-state index contributed by atoms with van der Waals surface area (Å²) in [5, 5.41) is 14.6. The lowest BCUT2D eigenvalue weighted by Crippen LogP contribution is -2.47. The summed E-state index contributed by atoms with van der Waals surface area (Å²) >= 11 is 0. The first kappa shape index (κ1) is 21.3. The molecule has 0 unspecified atom stereocenters. The predicted molar refractivity (Wildman–Crippen MR) is 114 cm³/mol. The van der Waals surface area contributed by atoms with E-state index in [1.54, 1.807) is 0 Å². The summed E-state index contributed by atoms with van der Waals surface area (Å²) in [6.07, 6.45) is -3.26. The van der Waals surface area contributed by atoms with Gasteiger partial charge in [0.1, 0.15) is 6.33 Å². The lowest BCUT2D eigenvalue weighted by Gasteiger charge is -2.36. The fourth-order valence-corrected chi connectivity index (χ4v) is 3.56. The number of benzene rings is 2. The summed E-state index contributed by atoms with van der Waals surface area (Å²) in [7, 11) is 0. The fourth-order valence-electron chi connectivity index (χ4n) is 3.56. The third-order valence-electron chi connectivity index (χ3n) is 5.16. The Morgan fingerprint density at radius 2 is 1.53 bits per heavy atom. The zero-order valence-corrected chi connectivity index (χ0v) is 16.8. The molecule has 166 valence electrons. The third kappa shape index (κ3) is 4.56. The van der Waals surface area contributed by atoms with E-state index in [0.29, 0.717) is 26.2 Å². The van der Waals surface area contributed by atoms with Crippen molar-refractivity contribution in [2.24, 2.45) is 0 Å². The number of hydrogen-bond acceptors (Lipinski definition) is 7. The number of halogens is 3. The zero-order chi connectivity index (χ0) is 22.7. The van der Waals surface area contributed by atoms with E-state index in [2.05, 4.69) is 20.2 Å². The van der Waals surface area contributed by atoms with Crippen LogP contribution in [-0.2, 0) is 6.18 Å². The van der Waals surface area contributed by atoms with E-state index < -0.39 is 16.7 Å². The van der Waals surface area contributed by atoms with Crippen LogP contribution in [0.1, 0.15) is 5.56 Å². The molecule has 0 amide bonds. The quantitative estimate of drug-likeness (QED) is 0.459. The molecule has 2 heterocycles. The number of rotatable bonds is 5. The van der Waals surface area contributed by atoms with Gasteiger partial charge in [0.15, 0.2) is 0 Å². The summed E-state index contributed by atoms with van der Waals surface area (Å²) < 4.78 is 38.3. The highest BCUT2D eigenvalue weighted by atomic mass is 19.4. The molecule has 4 rings (SSSR count). The van der Waals surface area contributed by atoms with E-state index in [0.717, 1.165) is 17.8 Å². The number of para-hydroxylation sites is 1. The van der Waals surface area contributed by atoms with E-state index in [-0.39, 0.29) is 23.0 Å². The second-order valence-electron chi connectivity index (χ2n) is 7.16. The van der Waals surface area contributed by atoms with E-state index >= 15 is 0 Å². The van der Waals surface area contributed by atoms with E-state index in [9.17, 15) is 23.3 Å². The maximum absolute atomic E-state index is 12.8. The van der Waals surface area contributed by atoms with Gasteiger partial charge in [0.05, 0.1) is 10.5 Å². The molecule has 1 fully saturated rings. The van der Waals surface area contributed by atoms with E-state index in [4.69, 9.17) is 0 Å². The van der Waals surface area contributed by atoms with Gasteiger partial charge in [-0.3, -0.25) is 10.1 Å². The molecular weight excluding hydrogens is 425 g/mol. The Morgan fingerprint density at radius 1 is 0.906 bits per heavy atom. The Balaban J connectivity index is 1.54. The Kier molecular flexibility index (Phi) is 5.80. The molecule has 0 aliphatic carbocycles. The van der Waals surface area contributed by atoms with Crippen molar-refractivity contribution in [3.05, 3.63) is 76.6 Å². The summed E-state index contributed by atoms with van der Waals surface area (Å²) in [6.45, 7) is 2.36. The summed E-state index contributed by atoms with van der Waals surface area (Å²) in [4.78, 5) is 23.4. The average Bonchev–Trinajstić information content (AvgIpc) is 2.79. The molecule has 0 atom stereocenters. The van der Waals surface area contributed by atoms with Gasteiger partial charge < -0.3 is 15.1 Å². The first-order valence-corrected chi connectivity index (χ1v) is 9.81. The van der Waals surface area contributed by atoms with Crippen molar-refractivity contribution >= 4 is 28.7 Å². The first-order valence-electron chi connectivity index (χ1n) is 9.81. The van der Waals surface area contributed by atoms with E-state index in [1.165, 1.54) is 18.5 Å². The molecule has 1 N–H and O–H groups in total. The van der Waals surface area contributed by atoms with Crippen LogP contribution >= 0.6 is 0 Å². The molecule has 0 radical (unpaired) electrons. The minimum atomic E-state index is -4.46. The Hall–Kier alpha value is -3.89. The average molecular weight is 444 g/mol. The molecule has 8 nitrogen and oxygen atoms in total. The van der Waals surface area contributed by atoms with Crippen molar-refractivity contribution in [3.63, 3.8) is 0 Å². The van der Waals surface area contributed by atoms with Gasteiger partial charge in [-0.05, 0) is 36.4 Å². The van der Waals surface area contributed by atoms with Crippen LogP contribution in [0, 0.1) is 10.1 Å². The fraction of sp³-hybridized carbons (Fsp3) is 0.238. The van der Waals surface area contributed by atoms with Crippen LogP contribution in [0.15, 0.2) is 60.9 Å². The second kappa shape index (κ2) is 8.69. The van der Waals surface area contributed by atoms with Crippen LogP contribution < -0.4 is 15.1 Å². The maximum Gasteiger partial charge on any atom is 0.416 e. The van der Waals surface area contributed by atoms with Crippen molar-refractivity contribution < 1.29 is 18.1 Å². The van der Waals surface area contributed by atoms with Gasteiger partial charge in [0, 0.05) is 37.6 Å². The highest BCUT2D eigenvalue weighted by Crippen LogP contribution is 2.35. The first-order chi connectivity index (χ1) is 15.3. The molecule has 11 heteroatoms. The van der Waals surface area contributed by atoms with Gasteiger partial charge in [-0.25, -0.2) is 9.97 Å². The maximum atomic E-state index is 12.8. The van der Waals surface area contributed by atoms with E-state index in [1.807, 2.05) is 35.2 Å². The van der Waals surface area contributed by atoms with Gasteiger partial charge in [0.2, 0.25) is 11.6 Å². The Morgan fingerprint density at radius 3 is 2.12 bits per heavy atom. The standard InChI is InChI=1S/C21H19F3N6O2/c22-21(23,24)15-6-8-16(9-7-15)27-19-18(30(31)32)20(26-14-25-19)29-12-10-28(11-13-29)17-4-2-1-3-5-17/h1-9,14H,10-13H2,(H,25,26,27). The largest absolute Gasteiger partial charge is 0.416 e. The van der Waals surface area contributed by atoms with Crippen LogP contribution in [0.4, 0.5) is 41.9 Å². The zero-order valence-electron chi connectivity index (χ0n) is 16.8. The van der Waals surface area contributed by atoms with Crippen LogP contribution in [-0.4, -0.2) is 41.1 Å². The van der Waals surface area contributed by atoms with Crippen molar-refractivity contribution in [1.29, 1.82) is 0 Å². The molecule has 2 aromatic carbocycles. The summed E-state index contributed by atoms with van der Waals surface area (Å²) in [5.41, 5.74) is 0.200. The lowest BCUT2D eigenvalue weighted by molar-refractivity contribution is -0.383. The number of piperazine rings is 1. The van der Waals surface area contributed by atoms with Crippen molar-refractivity contribution in [1.82, 2.24) is 9.97 Å². The minimum absolute atomic E-state index is 0.0785. The highest BCUT2D eigenvalue weighted by Gasteiger charge is 2.31. The SMILES string of the molecule is O=[N+]([O-])c1c(Nc2ccc(C(F)(F)F)cc2)ncnc1N1CCN(c2ccccc2)CC1. The van der Waals surface area contributed by atoms with Crippen LogP contribution in [0.25, 0.3) is 0 Å². The molecule has 0 saturated carbocycles. The van der Waals surface area contributed by atoms with Crippen molar-refractivity contribution in [3.8, 4) is 0 Å². The molecule has 1 aliphatic heterocycles. The smallest absolute Gasteiger partial charge is 0.368 e. The minimum Gasteiger partial charge on any atom is -0.368 e. The van der Waals surface area contributed by atoms with Crippen molar-refractivity contribution in [2.45, 2.75) is 6.18 Å². The molecule has 3 aromatic rings. The molecule has 0 bridgehead atoms. The Labute approximate surface area is 181 Å². The van der Waals surface area contributed by atoms with Gasteiger partial charge >= 0.3 is 11.9 Å². The molecular formula is C21H19F3N6O2. The normalized spacial score (nSPS) is 14.3. The number of nitro groups is 1. The second-order valence-corrected chi connectivity index (χ2v) is 7.16. The molecule has 1 aromatic heterocycles. The number of anilines is 4. The van der Waals surface area contributed by atoms with Gasteiger partial charge in [-0.2, -0.15) is 13.2 Å². The predicted octanol–water partition coefficient (Wildman–Crippen LogP) is 4.47. The van der Waals surface area contributed by atoms with Crippen LogP contribution in [0.5, 0.6) is 0 Å². The van der Waals surface area contributed by atoms with Crippen LogP contribution in [0.2, 0.25) is 0 Å². The Bertz CT molecular complexity index is 1080. The monoisotopic (exact) mass is 444 g/mol. The molecule has 0 spiro atoms. The number of hydrogen-bond donors (Lipinski definition) is 1. The van der Waals surface area contributed by atoms with Gasteiger partial charge in [-0.15, -0.1) is 0 Å².